The van der Waals surface area contributed by atoms with Crippen LogP contribution in [-0.4, -0.2) is 30.7 Å². The maximum atomic E-state index is 11.6. The molecule has 0 bridgehead atoms. The van der Waals surface area contributed by atoms with Gasteiger partial charge in [-0.25, -0.2) is 8.42 Å². The molecule has 0 radical (unpaired) electrons. The van der Waals surface area contributed by atoms with Crippen molar-refractivity contribution in [1.29, 1.82) is 0 Å². The van der Waals surface area contributed by atoms with E-state index < -0.39 is 15.8 Å². The van der Waals surface area contributed by atoms with E-state index in [-0.39, 0.29) is 6.42 Å². The number of benzene rings is 3. The number of nitrogens with one attached hydrogen (secondary N) is 1. The summed E-state index contributed by atoms with van der Waals surface area (Å²) in [6.45, 7) is 0. The fourth-order valence-corrected chi connectivity index (χ4v) is 4.64. The number of aryl methyl sites for hydroxylation is 1. The summed E-state index contributed by atoms with van der Waals surface area (Å²) in [5.41, 5.74) is 5.71. The molecule has 0 fully saturated rings. The zero-order chi connectivity index (χ0) is 22.9. The Hall–Kier alpha value is -3.09. The largest absolute Gasteiger partial charge is 0.481 e. The maximum Gasteiger partial charge on any atom is 0.303 e. The Morgan fingerprint density at radius 1 is 0.938 bits per heavy atom. The van der Waals surface area contributed by atoms with Crippen LogP contribution in [0, 0.1) is 0 Å². The Morgan fingerprint density at radius 2 is 1.53 bits per heavy atom. The number of carboxylic acid groups (broad SMARTS) is 1. The zero-order valence-electron chi connectivity index (χ0n) is 17.4. The van der Waals surface area contributed by atoms with Gasteiger partial charge in [0.05, 0.1) is 9.92 Å². The fourth-order valence-electron chi connectivity index (χ4n) is 3.74. The maximum absolute atomic E-state index is 11.6. The molecule has 1 heterocycles. The molecule has 2 N–H and O–H groups in total. The number of fused-ring (bicyclic) bond motifs is 1. The van der Waals surface area contributed by atoms with Gasteiger partial charge in [0, 0.05) is 34.8 Å². The number of hydrogen-bond acceptors (Lipinski definition) is 3. The molecule has 4 rings (SSSR count). The number of aromatic amines is 1. The van der Waals surface area contributed by atoms with E-state index in [9.17, 15) is 13.2 Å². The Balaban J connectivity index is 1.58. The second kappa shape index (κ2) is 8.81. The van der Waals surface area contributed by atoms with Crippen molar-refractivity contribution in [2.24, 2.45) is 0 Å². The Labute approximate surface area is 191 Å². The van der Waals surface area contributed by atoms with E-state index in [1.165, 1.54) is 6.26 Å². The van der Waals surface area contributed by atoms with E-state index in [1.54, 1.807) is 24.3 Å². The highest BCUT2D eigenvalue weighted by molar-refractivity contribution is 7.90. The second-order valence-electron chi connectivity index (χ2n) is 7.84. The third-order valence-electron chi connectivity index (χ3n) is 5.41. The minimum Gasteiger partial charge on any atom is -0.481 e. The van der Waals surface area contributed by atoms with Gasteiger partial charge in [0.2, 0.25) is 0 Å². The molecule has 0 aliphatic carbocycles. The van der Waals surface area contributed by atoms with E-state index in [2.05, 4.69) is 4.98 Å². The molecule has 5 nitrogen and oxygen atoms in total. The predicted molar refractivity (Wildman–Crippen MR) is 128 cm³/mol. The minimum absolute atomic E-state index is 0.144. The smallest absolute Gasteiger partial charge is 0.303 e. The van der Waals surface area contributed by atoms with Crippen LogP contribution in [0.1, 0.15) is 18.5 Å². The van der Waals surface area contributed by atoms with Gasteiger partial charge < -0.3 is 10.1 Å². The van der Waals surface area contributed by atoms with E-state index in [4.69, 9.17) is 16.7 Å². The van der Waals surface area contributed by atoms with Crippen LogP contribution in [0.15, 0.2) is 71.6 Å². The van der Waals surface area contributed by atoms with Crippen molar-refractivity contribution in [3.63, 3.8) is 0 Å². The van der Waals surface area contributed by atoms with Crippen LogP contribution in [0.2, 0.25) is 5.02 Å². The molecule has 0 unspecified atom stereocenters. The van der Waals surface area contributed by atoms with Crippen LogP contribution >= 0.6 is 11.6 Å². The second-order valence-corrected chi connectivity index (χ2v) is 10.3. The van der Waals surface area contributed by atoms with Gasteiger partial charge in [0.15, 0.2) is 9.84 Å². The van der Waals surface area contributed by atoms with Gasteiger partial charge in [0.1, 0.15) is 0 Å². The van der Waals surface area contributed by atoms with E-state index >= 15 is 0 Å². The Morgan fingerprint density at radius 3 is 2.12 bits per heavy atom. The van der Waals surface area contributed by atoms with Gasteiger partial charge >= 0.3 is 5.97 Å². The Bertz CT molecular complexity index is 1390. The predicted octanol–water partition coefficient (Wildman–Crippen LogP) is 5.97. The minimum atomic E-state index is -3.22. The number of carboxylic acids is 1. The van der Waals surface area contributed by atoms with Crippen molar-refractivity contribution in [3.05, 3.63) is 77.4 Å². The Kier molecular flexibility index (Phi) is 6.09. The summed E-state index contributed by atoms with van der Waals surface area (Å²) >= 11 is 6.56. The van der Waals surface area contributed by atoms with Crippen molar-refractivity contribution in [2.45, 2.75) is 24.2 Å². The number of sulfone groups is 1. The molecule has 1 aromatic heterocycles. The summed E-state index contributed by atoms with van der Waals surface area (Å²) < 4.78 is 23.3. The number of carbonyl (C=O) groups is 1. The highest BCUT2D eigenvalue weighted by atomic mass is 35.5. The van der Waals surface area contributed by atoms with E-state index in [0.717, 1.165) is 38.9 Å². The van der Waals surface area contributed by atoms with Gasteiger partial charge in [-0.1, -0.05) is 48.0 Å². The molecule has 164 valence electrons. The molecule has 4 aromatic rings. The number of aromatic nitrogens is 1. The van der Waals surface area contributed by atoms with Crippen molar-refractivity contribution in [2.75, 3.05) is 6.26 Å². The van der Waals surface area contributed by atoms with E-state index in [0.29, 0.717) is 22.8 Å². The van der Waals surface area contributed by atoms with Gasteiger partial charge in [0.25, 0.3) is 0 Å². The molecule has 0 spiro atoms. The first-order chi connectivity index (χ1) is 15.2. The standard InChI is InChI=1S/C25H22ClNO4S/c1-32(30,31)21-11-9-17(10-12-21)16-5-7-18(8-6-16)22-14-19-13-20(3-2-4-25(28)29)27-24(19)15-23(22)26/h5-15,27H,2-4H2,1H3,(H,28,29). The summed E-state index contributed by atoms with van der Waals surface area (Å²) in [4.78, 5) is 14.3. The van der Waals surface area contributed by atoms with Crippen molar-refractivity contribution < 1.29 is 18.3 Å². The van der Waals surface area contributed by atoms with Gasteiger partial charge in [-0.15, -0.1) is 0 Å². The molecular formula is C25H22ClNO4S. The zero-order valence-corrected chi connectivity index (χ0v) is 19.0. The highest BCUT2D eigenvalue weighted by Gasteiger charge is 2.11. The molecule has 0 amide bonds. The third kappa shape index (κ3) is 4.87. The van der Waals surface area contributed by atoms with Crippen molar-refractivity contribution >= 4 is 38.3 Å². The van der Waals surface area contributed by atoms with Gasteiger partial charge in [-0.3, -0.25) is 4.79 Å². The molecule has 0 saturated carbocycles. The van der Waals surface area contributed by atoms with Crippen LogP contribution in [-0.2, 0) is 21.1 Å². The third-order valence-corrected chi connectivity index (χ3v) is 6.85. The number of halogens is 1. The number of H-pyrrole nitrogens is 1. The van der Waals surface area contributed by atoms with Crippen LogP contribution in [0.25, 0.3) is 33.2 Å². The van der Waals surface area contributed by atoms with Crippen LogP contribution in [0.5, 0.6) is 0 Å². The SMILES string of the molecule is CS(=O)(=O)c1ccc(-c2ccc(-c3cc4cc(CCCC(=O)O)[nH]c4cc3Cl)cc2)cc1. The van der Waals surface area contributed by atoms with Crippen LogP contribution in [0.4, 0.5) is 0 Å². The highest BCUT2D eigenvalue weighted by Crippen LogP contribution is 2.34. The van der Waals surface area contributed by atoms with Gasteiger partial charge in [-0.2, -0.15) is 0 Å². The average Bonchev–Trinajstić information content (AvgIpc) is 3.14. The van der Waals surface area contributed by atoms with E-state index in [1.807, 2.05) is 42.5 Å². The fraction of sp³-hybridized carbons (Fsp3) is 0.160. The normalized spacial score (nSPS) is 11.7. The monoisotopic (exact) mass is 467 g/mol. The molecule has 3 aromatic carbocycles. The van der Waals surface area contributed by atoms with Crippen molar-refractivity contribution in [3.8, 4) is 22.3 Å². The molecule has 0 aliphatic heterocycles. The van der Waals surface area contributed by atoms with Gasteiger partial charge in [-0.05, 0) is 59.9 Å². The summed E-state index contributed by atoms with van der Waals surface area (Å²) in [5, 5.41) is 10.5. The van der Waals surface area contributed by atoms with Crippen molar-refractivity contribution in [1.82, 2.24) is 4.98 Å². The summed E-state index contributed by atoms with van der Waals surface area (Å²) in [6, 6.07) is 20.8. The average molecular weight is 468 g/mol. The lowest BCUT2D eigenvalue weighted by Crippen LogP contribution is -1.96. The lowest BCUT2D eigenvalue weighted by Gasteiger charge is -2.08. The lowest BCUT2D eigenvalue weighted by atomic mass is 9.99. The molecule has 32 heavy (non-hydrogen) atoms. The molecule has 7 heteroatoms. The first-order valence-corrected chi connectivity index (χ1v) is 12.4. The topological polar surface area (TPSA) is 87.2 Å². The number of hydrogen-bond donors (Lipinski definition) is 2. The molecule has 0 aliphatic rings. The first-order valence-electron chi connectivity index (χ1n) is 10.1. The molecule has 0 atom stereocenters. The molecular weight excluding hydrogens is 446 g/mol. The summed E-state index contributed by atoms with van der Waals surface area (Å²) in [5.74, 6) is -0.791. The summed E-state index contributed by atoms with van der Waals surface area (Å²) in [6.07, 6.45) is 2.59. The van der Waals surface area contributed by atoms with Crippen LogP contribution in [0.3, 0.4) is 0 Å². The van der Waals surface area contributed by atoms with Crippen LogP contribution < -0.4 is 0 Å². The first kappa shape index (κ1) is 22.1. The number of rotatable bonds is 7. The molecule has 0 saturated heterocycles. The quantitative estimate of drug-likeness (QED) is 0.350. The number of aliphatic carboxylic acids is 1. The summed E-state index contributed by atoms with van der Waals surface area (Å²) in [7, 11) is -3.22. The lowest BCUT2D eigenvalue weighted by molar-refractivity contribution is -0.137.